The molecule has 0 radical (unpaired) electrons. The number of imide groups is 1. The van der Waals surface area contributed by atoms with Gasteiger partial charge in [-0.05, 0) is 87.4 Å². The van der Waals surface area contributed by atoms with Crippen molar-refractivity contribution in [3.8, 4) is 0 Å². The maximum atomic E-state index is 13.9. The Labute approximate surface area is 318 Å². The quantitative estimate of drug-likeness (QED) is 0.103. The minimum atomic E-state index is -0.761. The van der Waals surface area contributed by atoms with Crippen LogP contribution in [-0.4, -0.2) is 117 Å². The highest BCUT2D eigenvalue weighted by Gasteiger charge is 2.32. The number of benzene rings is 2. The van der Waals surface area contributed by atoms with E-state index in [1.807, 2.05) is 11.9 Å². The number of ether oxygens (including phenoxy) is 2. The van der Waals surface area contributed by atoms with E-state index in [1.54, 1.807) is 18.2 Å². The number of amides is 5. The van der Waals surface area contributed by atoms with Crippen LogP contribution < -0.4 is 16.0 Å². The van der Waals surface area contributed by atoms with Gasteiger partial charge in [-0.2, -0.15) is 0 Å². The fourth-order valence-electron chi connectivity index (χ4n) is 5.72. The van der Waals surface area contributed by atoms with Gasteiger partial charge in [0, 0.05) is 50.3 Å². The van der Waals surface area contributed by atoms with Gasteiger partial charge < -0.3 is 35.2 Å². The van der Waals surface area contributed by atoms with Crippen LogP contribution in [0, 0.1) is 5.82 Å². The molecule has 0 atom stereocenters. The van der Waals surface area contributed by atoms with Crippen molar-refractivity contribution in [2.45, 2.75) is 58.0 Å². The van der Waals surface area contributed by atoms with E-state index in [0.29, 0.717) is 56.4 Å². The number of carbonyl (C=O) groups excluding carboxylic acids is 6. The molecule has 5 amide bonds. The predicted octanol–water partition coefficient (Wildman–Crippen LogP) is 2.80. The molecule has 0 saturated carbocycles. The van der Waals surface area contributed by atoms with Crippen LogP contribution in [0.5, 0.6) is 0 Å². The number of likely N-dealkylation sites (tertiary alicyclic amines) is 1. The average Bonchev–Trinajstić information content (AvgIpc) is 3.47. The van der Waals surface area contributed by atoms with Gasteiger partial charge in [0.05, 0.1) is 37.9 Å². The topological polar surface area (TPSA) is 176 Å². The largest absolute Gasteiger partial charge is 0.378 e. The Morgan fingerprint density at radius 1 is 0.852 bits per heavy atom. The summed E-state index contributed by atoms with van der Waals surface area (Å²) >= 11 is 5.76. The van der Waals surface area contributed by atoms with Crippen molar-refractivity contribution in [2.24, 2.45) is 0 Å². The first kappa shape index (κ1) is 42.3. The van der Waals surface area contributed by atoms with Gasteiger partial charge in [-0.25, -0.2) is 9.18 Å². The number of nitrogens with one attached hydrogen (secondary N) is 3. The van der Waals surface area contributed by atoms with Crippen LogP contribution >= 0.6 is 11.6 Å². The lowest BCUT2D eigenvalue weighted by Gasteiger charge is -2.27. The molecular weight excluding hydrogens is 727 g/mol. The van der Waals surface area contributed by atoms with Crippen LogP contribution in [0.25, 0.3) is 0 Å². The van der Waals surface area contributed by atoms with Gasteiger partial charge in [0.25, 0.3) is 17.7 Å². The third-order valence-corrected chi connectivity index (χ3v) is 9.08. The van der Waals surface area contributed by atoms with Crippen molar-refractivity contribution in [3.63, 3.8) is 0 Å². The highest BCUT2D eigenvalue weighted by molar-refractivity contribution is 6.35. The molecule has 2 saturated heterocycles. The van der Waals surface area contributed by atoms with Crippen LogP contribution in [0.15, 0.2) is 36.4 Å². The summed E-state index contributed by atoms with van der Waals surface area (Å²) in [7, 11) is 1.91. The molecule has 0 aromatic heterocycles. The molecule has 54 heavy (non-hydrogen) atoms. The lowest BCUT2D eigenvalue weighted by atomic mass is 10.0. The molecule has 0 spiro atoms. The molecule has 2 aromatic rings. The average molecular weight is 775 g/mol. The third kappa shape index (κ3) is 14.1. The number of hydrogen-bond donors (Lipinski definition) is 3. The molecule has 0 unspecified atom stereocenters. The molecule has 2 aromatic carbocycles. The maximum Gasteiger partial charge on any atom is 0.335 e. The third-order valence-electron chi connectivity index (χ3n) is 8.78. The van der Waals surface area contributed by atoms with E-state index in [9.17, 15) is 33.2 Å². The predicted molar refractivity (Wildman–Crippen MR) is 195 cm³/mol. The molecule has 3 N–H and O–H groups in total. The summed E-state index contributed by atoms with van der Waals surface area (Å²) in [4.78, 5) is 82.0. The molecule has 2 aliphatic rings. The van der Waals surface area contributed by atoms with Crippen LogP contribution in [-0.2, 0) is 51.4 Å². The van der Waals surface area contributed by atoms with Gasteiger partial charge in [0.2, 0.25) is 0 Å². The minimum absolute atomic E-state index is 0.0365. The van der Waals surface area contributed by atoms with Gasteiger partial charge in [0.15, 0.2) is 0 Å². The first-order valence-corrected chi connectivity index (χ1v) is 18.4. The number of rotatable bonds is 20. The van der Waals surface area contributed by atoms with E-state index in [-0.39, 0.29) is 49.7 Å². The summed E-state index contributed by atoms with van der Waals surface area (Å²) in [6.45, 7) is 5.15. The second kappa shape index (κ2) is 22.0. The second-order valence-electron chi connectivity index (χ2n) is 13.0. The van der Waals surface area contributed by atoms with Crippen LogP contribution in [0.4, 0.5) is 10.1 Å². The van der Waals surface area contributed by atoms with Gasteiger partial charge in [-0.15, -0.1) is 5.06 Å². The SMILES string of the molecule is CN(CCCNC(=O)C(=O)NCc1ccc(C(=O)Nc2ccc(Cl)c(F)c2)cc1CN1CCCCC1)CCOCCOCCC(=O)ON1C(=O)CCC1=O. The molecule has 2 heterocycles. The molecule has 0 bridgehead atoms. The van der Waals surface area contributed by atoms with Crippen molar-refractivity contribution in [2.75, 3.05) is 71.5 Å². The van der Waals surface area contributed by atoms with E-state index in [0.717, 1.165) is 49.5 Å². The zero-order chi connectivity index (χ0) is 38.9. The minimum Gasteiger partial charge on any atom is -0.378 e. The summed E-state index contributed by atoms with van der Waals surface area (Å²) in [6, 6.07) is 9.20. The van der Waals surface area contributed by atoms with Crippen molar-refractivity contribution >= 4 is 52.8 Å². The van der Waals surface area contributed by atoms with E-state index in [1.165, 1.54) is 12.1 Å². The number of likely N-dealkylation sites (N-methyl/N-ethyl adjacent to an activating group) is 1. The van der Waals surface area contributed by atoms with Crippen molar-refractivity contribution in [1.82, 2.24) is 25.5 Å². The number of hydrogen-bond acceptors (Lipinski definition) is 11. The van der Waals surface area contributed by atoms with E-state index >= 15 is 0 Å². The first-order valence-electron chi connectivity index (χ1n) is 18.1. The Morgan fingerprint density at radius 3 is 2.28 bits per heavy atom. The van der Waals surface area contributed by atoms with E-state index in [4.69, 9.17) is 25.9 Å². The zero-order valence-electron chi connectivity index (χ0n) is 30.5. The summed E-state index contributed by atoms with van der Waals surface area (Å²) in [5.41, 5.74) is 2.28. The standard InChI is InChI=1S/C37H48ClFN6O9/c1-43(17-19-53-21-20-52-18-12-34(48)54-45-32(46)10-11-33(45)47)14-5-13-40-36(50)37(51)41-24-27-7-6-26(22-28(27)25-44-15-3-2-4-16-44)35(49)42-29-8-9-30(38)31(39)23-29/h6-9,22-23H,2-5,10-21,24-25H2,1H3,(H,40,50)(H,41,51)(H,42,49). The molecule has 2 fully saturated rings. The Bertz CT molecular complexity index is 1620. The Balaban J connectivity index is 1.10. The lowest BCUT2D eigenvalue weighted by Crippen LogP contribution is -2.40. The molecule has 294 valence electrons. The van der Waals surface area contributed by atoms with Crippen molar-refractivity contribution in [3.05, 3.63) is 63.9 Å². The molecule has 15 nitrogen and oxygen atoms in total. The summed E-state index contributed by atoms with van der Waals surface area (Å²) in [5, 5.41) is 8.49. The number of carbonyl (C=O) groups is 6. The molecule has 4 rings (SSSR count). The van der Waals surface area contributed by atoms with Gasteiger partial charge in [-0.1, -0.05) is 24.1 Å². The van der Waals surface area contributed by atoms with Crippen LogP contribution in [0.2, 0.25) is 5.02 Å². The highest BCUT2D eigenvalue weighted by atomic mass is 35.5. The summed E-state index contributed by atoms with van der Waals surface area (Å²) < 4.78 is 24.8. The van der Waals surface area contributed by atoms with Gasteiger partial charge in [0.1, 0.15) is 5.82 Å². The van der Waals surface area contributed by atoms with Crippen molar-refractivity contribution < 1.29 is 47.5 Å². The highest BCUT2D eigenvalue weighted by Crippen LogP contribution is 2.22. The molecular formula is C37H48ClFN6O9. The van der Waals surface area contributed by atoms with E-state index in [2.05, 4.69) is 20.9 Å². The van der Waals surface area contributed by atoms with Crippen LogP contribution in [0.3, 0.4) is 0 Å². The number of hydroxylamine groups is 2. The molecule has 0 aliphatic carbocycles. The monoisotopic (exact) mass is 774 g/mol. The summed E-state index contributed by atoms with van der Waals surface area (Å²) in [6.07, 6.45) is 3.89. The second-order valence-corrected chi connectivity index (χ2v) is 13.4. The Kier molecular flexibility index (Phi) is 17.2. The van der Waals surface area contributed by atoms with Crippen molar-refractivity contribution in [1.29, 1.82) is 0 Å². The number of nitrogens with zero attached hydrogens (tertiary/aromatic N) is 3. The number of halogens is 2. The maximum absolute atomic E-state index is 13.9. The first-order chi connectivity index (χ1) is 26.0. The summed E-state index contributed by atoms with van der Waals surface area (Å²) in [5.74, 6) is -4.34. The molecule has 17 heteroatoms. The van der Waals surface area contributed by atoms with Gasteiger partial charge in [-0.3, -0.25) is 28.9 Å². The Morgan fingerprint density at radius 2 is 1.56 bits per heavy atom. The number of anilines is 1. The normalized spacial score (nSPS) is 14.7. The van der Waals surface area contributed by atoms with Gasteiger partial charge >= 0.3 is 17.8 Å². The fraction of sp³-hybridized carbons (Fsp3) is 0.514. The van der Waals surface area contributed by atoms with E-state index < -0.39 is 41.3 Å². The lowest BCUT2D eigenvalue weighted by molar-refractivity contribution is -0.198. The molecule has 2 aliphatic heterocycles. The fourth-order valence-corrected chi connectivity index (χ4v) is 5.84. The van der Waals surface area contributed by atoms with Crippen LogP contribution in [0.1, 0.15) is 66.4 Å². The number of piperidine rings is 1. The zero-order valence-corrected chi connectivity index (χ0v) is 31.2. The Hall–Kier alpha value is -4.48. The smallest absolute Gasteiger partial charge is 0.335 e.